The molecule has 0 aliphatic carbocycles. The zero-order valence-electron chi connectivity index (χ0n) is 20.5. The number of nitrogens with zero attached hydrogens (tertiary/aromatic N) is 1. The van der Waals surface area contributed by atoms with Crippen LogP contribution in [0.5, 0.6) is 5.75 Å². The fourth-order valence-corrected chi connectivity index (χ4v) is 3.89. The Kier molecular flexibility index (Phi) is 11.3. The first-order chi connectivity index (χ1) is 15.4. The largest absolute Gasteiger partial charge is 0.455 e. The van der Waals surface area contributed by atoms with Crippen molar-refractivity contribution in [1.29, 1.82) is 0 Å². The van der Waals surface area contributed by atoms with Gasteiger partial charge in [0.15, 0.2) is 6.54 Å². The summed E-state index contributed by atoms with van der Waals surface area (Å²) in [6, 6.07) is 18.4. The molecule has 0 aliphatic rings. The quantitative estimate of drug-likeness (QED) is 0.137. The van der Waals surface area contributed by atoms with Gasteiger partial charge in [0.05, 0.1) is 14.1 Å². The van der Waals surface area contributed by atoms with Gasteiger partial charge < -0.3 is 14.0 Å². The van der Waals surface area contributed by atoms with Crippen LogP contribution in [0, 0.1) is 0 Å². The lowest BCUT2D eigenvalue weighted by atomic mass is 10.0. The third-order valence-electron chi connectivity index (χ3n) is 5.59. The van der Waals surface area contributed by atoms with Gasteiger partial charge in [0, 0.05) is 12.0 Å². The fourth-order valence-electron chi connectivity index (χ4n) is 3.89. The third-order valence-corrected chi connectivity index (χ3v) is 5.59. The van der Waals surface area contributed by atoms with E-state index in [1.54, 1.807) is 0 Å². The second kappa shape index (κ2) is 13.9. The van der Waals surface area contributed by atoms with Gasteiger partial charge in [-0.15, -0.1) is 0 Å². The summed E-state index contributed by atoms with van der Waals surface area (Å²) in [5.74, 6) is 0.534. The van der Waals surface area contributed by atoms with E-state index in [4.69, 9.17) is 9.47 Å². The number of likely N-dealkylation sites (N-methyl/N-ethyl adjacent to an activating group) is 1. The Morgan fingerprint density at radius 2 is 1.56 bits per heavy atom. The Bertz CT molecular complexity index is 788. The Hall–Kier alpha value is -2.33. The van der Waals surface area contributed by atoms with Gasteiger partial charge in [-0.2, -0.15) is 0 Å². The number of ether oxygens (including phenoxy) is 2. The lowest BCUT2D eigenvalue weighted by molar-refractivity contribution is -0.896. The average Bonchev–Trinajstić information content (AvgIpc) is 2.76. The highest BCUT2D eigenvalue weighted by Crippen LogP contribution is 2.19. The Morgan fingerprint density at radius 3 is 2.28 bits per heavy atom. The summed E-state index contributed by atoms with van der Waals surface area (Å²) < 4.78 is 12.2. The number of esters is 1. The molecule has 0 aliphatic heterocycles. The van der Waals surface area contributed by atoms with Crippen LogP contribution in [-0.4, -0.2) is 37.4 Å². The minimum absolute atomic E-state index is 0.235. The summed E-state index contributed by atoms with van der Waals surface area (Å²) in [5, 5.41) is 0. The molecule has 1 atom stereocenters. The van der Waals surface area contributed by atoms with E-state index in [9.17, 15) is 4.79 Å². The van der Waals surface area contributed by atoms with Gasteiger partial charge in [-0.05, 0) is 30.5 Å². The van der Waals surface area contributed by atoms with Crippen LogP contribution in [0.1, 0.15) is 69.9 Å². The predicted molar refractivity (Wildman–Crippen MR) is 131 cm³/mol. The van der Waals surface area contributed by atoms with Gasteiger partial charge in [-0.25, -0.2) is 4.79 Å². The maximum Gasteiger partial charge on any atom is 0.364 e. The second-order valence-electron chi connectivity index (χ2n) is 9.35. The van der Waals surface area contributed by atoms with Crippen LogP contribution in [0.25, 0.3) is 0 Å². The normalized spacial score (nSPS) is 12.4. The number of unbranched alkanes of at least 4 members (excludes halogenated alkanes) is 5. The van der Waals surface area contributed by atoms with Crippen LogP contribution >= 0.6 is 0 Å². The Morgan fingerprint density at radius 1 is 0.875 bits per heavy atom. The summed E-state index contributed by atoms with van der Waals surface area (Å²) in [5.41, 5.74) is 2.48. The molecule has 1 unspecified atom stereocenters. The molecule has 0 bridgehead atoms. The number of hydrogen-bond acceptors (Lipinski definition) is 3. The lowest BCUT2D eigenvalue weighted by Gasteiger charge is -2.29. The standard InChI is InChI=1S/C28H42NO3/c1-5-7-8-9-10-12-16-24-19-15-20-26(21-24)31-28(6-2)32-27(30)23-29(3,4)22-25-17-13-11-14-18-25/h11,13-15,17-21,28H,5-10,12,16,22-23H2,1-4H3/q+1. The first-order valence-corrected chi connectivity index (χ1v) is 12.2. The first kappa shape index (κ1) is 25.9. The summed E-state index contributed by atoms with van der Waals surface area (Å²) in [7, 11) is 4.09. The number of rotatable bonds is 15. The van der Waals surface area contributed by atoms with Gasteiger partial charge in [-0.3, -0.25) is 0 Å². The lowest BCUT2D eigenvalue weighted by Crippen LogP contribution is -2.44. The molecule has 0 fully saturated rings. The van der Waals surface area contributed by atoms with E-state index >= 15 is 0 Å². The highest BCUT2D eigenvalue weighted by molar-refractivity contribution is 5.70. The molecule has 0 N–H and O–H groups in total. The van der Waals surface area contributed by atoms with Gasteiger partial charge in [0.2, 0.25) is 6.29 Å². The smallest absolute Gasteiger partial charge is 0.364 e. The van der Waals surface area contributed by atoms with Crippen molar-refractivity contribution in [2.45, 2.75) is 78.0 Å². The zero-order valence-corrected chi connectivity index (χ0v) is 20.5. The molecule has 2 aromatic rings. The van der Waals surface area contributed by atoms with Crippen LogP contribution in [-0.2, 0) is 22.5 Å². The highest BCUT2D eigenvalue weighted by Gasteiger charge is 2.24. The molecule has 0 saturated carbocycles. The molecule has 2 rings (SSSR count). The van der Waals surface area contributed by atoms with E-state index in [0.29, 0.717) is 17.4 Å². The average molecular weight is 441 g/mol. The summed E-state index contributed by atoms with van der Waals surface area (Å²) >= 11 is 0. The number of aryl methyl sites for hydroxylation is 1. The van der Waals surface area contributed by atoms with E-state index in [1.165, 1.54) is 49.7 Å². The summed E-state index contributed by atoms with van der Waals surface area (Å²) in [6.07, 6.45) is 8.86. The van der Waals surface area contributed by atoms with Crippen LogP contribution in [0.4, 0.5) is 0 Å². The minimum Gasteiger partial charge on any atom is -0.455 e. The highest BCUT2D eigenvalue weighted by atomic mass is 16.7. The molecule has 32 heavy (non-hydrogen) atoms. The number of carbonyl (C=O) groups is 1. The van der Waals surface area contributed by atoms with Gasteiger partial charge in [0.1, 0.15) is 12.3 Å². The van der Waals surface area contributed by atoms with Crippen molar-refractivity contribution in [3.63, 3.8) is 0 Å². The molecule has 0 heterocycles. The molecule has 0 amide bonds. The molecule has 4 nitrogen and oxygen atoms in total. The van der Waals surface area contributed by atoms with Crippen LogP contribution < -0.4 is 4.74 Å². The maximum atomic E-state index is 12.6. The predicted octanol–water partition coefficient (Wildman–Crippen LogP) is 6.52. The molecule has 4 heteroatoms. The van der Waals surface area contributed by atoms with Gasteiger partial charge in [-0.1, -0.05) is 88.4 Å². The number of hydrogen-bond donors (Lipinski definition) is 0. The monoisotopic (exact) mass is 440 g/mol. The van der Waals surface area contributed by atoms with Crippen molar-refractivity contribution in [1.82, 2.24) is 0 Å². The van der Waals surface area contributed by atoms with Crippen LogP contribution in [0.2, 0.25) is 0 Å². The van der Waals surface area contributed by atoms with E-state index in [-0.39, 0.29) is 5.97 Å². The van der Waals surface area contributed by atoms with Crippen molar-refractivity contribution >= 4 is 5.97 Å². The summed E-state index contributed by atoms with van der Waals surface area (Å²) in [4.78, 5) is 12.6. The third kappa shape index (κ3) is 10.3. The molecule has 0 spiro atoms. The second-order valence-corrected chi connectivity index (χ2v) is 9.35. The van der Waals surface area contributed by atoms with E-state index in [1.807, 2.05) is 51.4 Å². The van der Waals surface area contributed by atoms with Crippen molar-refractivity contribution in [2.75, 3.05) is 20.6 Å². The Balaban J connectivity index is 1.81. The molecular weight excluding hydrogens is 398 g/mol. The topological polar surface area (TPSA) is 35.5 Å². The minimum atomic E-state index is -0.566. The molecule has 2 aromatic carbocycles. The van der Waals surface area contributed by atoms with Crippen LogP contribution in [0.15, 0.2) is 54.6 Å². The van der Waals surface area contributed by atoms with Gasteiger partial charge in [0.25, 0.3) is 0 Å². The molecule has 0 saturated heterocycles. The number of carbonyl (C=O) groups excluding carboxylic acids is 1. The van der Waals surface area contributed by atoms with Crippen molar-refractivity contribution in [3.8, 4) is 5.75 Å². The van der Waals surface area contributed by atoms with E-state index in [0.717, 1.165) is 18.7 Å². The molecule has 176 valence electrons. The zero-order chi connectivity index (χ0) is 23.2. The fraction of sp³-hybridized carbons (Fsp3) is 0.536. The van der Waals surface area contributed by atoms with E-state index < -0.39 is 6.29 Å². The number of benzene rings is 2. The number of quaternary nitrogens is 1. The maximum absolute atomic E-state index is 12.6. The molecule has 0 radical (unpaired) electrons. The first-order valence-electron chi connectivity index (χ1n) is 12.2. The summed E-state index contributed by atoms with van der Waals surface area (Å²) in [6.45, 7) is 5.29. The Labute approximate surface area is 195 Å². The van der Waals surface area contributed by atoms with Crippen molar-refractivity contribution in [2.24, 2.45) is 0 Å². The van der Waals surface area contributed by atoms with Gasteiger partial charge >= 0.3 is 5.97 Å². The van der Waals surface area contributed by atoms with E-state index in [2.05, 4.69) is 31.2 Å². The molecule has 0 aromatic heterocycles. The van der Waals surface area contributed by atoms with Crippen molar-refractivity contribution < 1.29 is 18.8 Å². The SMILES string of the molecule is CCCCCCCCc1cccc(OC(CC)OC(=O)C[N+](C)(C)Cc2ccccc2)c1. The van der Waals surface area contributed by atoms with Crippen molar-refractivity contribution in [3.05, 3.63) is 65.7 Å². The molecular formula is C28H42NO3+. The van der Waals surface area contributed by atoms with Crippen LogP contribution in [0.3, 0.4) is 0 Å².